The molecule has 0 radical (unpaired) electrons. The molecule has 5 heteroatoms. The lowest BCUT2D eigenvalue weighted by Gasteiger charge is -2.36. The zero-order valence-electron chi connectivity index (χ0n) is 13.3. The van der Waals surface area contributed by atoms with Crippen LogP contribution in [0.4, 0.5) is 5.69 Å². The van der Waals surface area contributed by atoms with Crippen LogP contribution in [0, 0.1) is 0 Å². The van der Waals surface area contributed by atoms with Crippen molar-refractivity contribution in [1.29, 1.82) is 0 Å². The molecule has 22 heavy (non-hydrogen) atoms. The first kappa shape index (κ1) is 16.3. The van der Waals surface area contributed by atoms with Crippen molar-refractivity contribution in [2.75, 3.05) is 37.6 Å². The highest BCUT2D eigenvalue weighted by molar-refractivity contribution is 5.84. The minimum atomic E-state index is -0.0295. The largest absolute Gasteiger partial charge is 0.368 e. The van der Waals surface area contributed by atoms with E-state index in [0.717, 1.165) is 25.9 Å². The third-order valence-electron chi connectivity index (χ3n) is 3.95. The quantitative estimate of drug-likeness (QED) is 0.869. The molecule has 0 bridgehead atoms. The molecule has 1 aromatic carbocycles. The maximum atomic E-state index is 12.1. The van der Waals surface area contributed by atoms with Crippen molar-refractivity contribution in [3.8, 4) is 0 Å². The molecule has 1 fully saturated rings. The minimum absolute atomic E-state index is 0.0116. The van der Waals surface area contributed by atoms with Crippen LogP contribution in [0.3, 0.4) is 0 Å². The topological polar surface area (TPSA) is 52.7 Å². The van der Waals surface area contributed by atoms with Crippen LogP contribution in [0.25, 0.3) is 0 Å². The first-order valence-electron chi connectivity index (χ1n) is 8.05. The van der Waals surface area contributed by atoms with Crippen LogP contribution in [0.2, 0.25) is 0 Å². The van der Waals surface area contributed by atoms with Crippen molar-refractivity contribution in [1.82, 2.24) is 10.2 Å². The van der Waals surface area contributed by atoms with Crippen molar-refractivity contribution >= 4 is 17.5 Å². The molecule has 1 N–H and O–H groups in total. The van der Waals surface area contributed by atoms with E-state index in [1.54, 1.807) is 0 Å². The fourth-order valence-electron chi connectivity index (χ4n) is 2.56. The second-order valence-electron chi connectivity index (χ2n) is 5.58. The highest BCUT2D eigenvalue weighted by atomic mass is 16.2. The highest BCUT2D eigenvalue weighted by Gasteiger charge is 2.21. The van der Waals surface area contributed by atoms with Gasteiger partial charge in [0.1, 0.15) is 0 Å². The van der Waals surface area contributed by atoms with E-state index in [1.807, 2.05) is 30.0 Å². The lowest BCUT2D eigenvalue weighted by molar-refractivity contribution is -0.133. The van der Waals surface area contributed by atoms with E-state index >= 15 is 0 Å². The van der Waals surface area contributed by atoms with Gasteiger partial charge in [-0.25, -0.2) is 0 Å². The molecule has 0 aliphatic carbocycles. The van der Waals surface area contributed by atoms with E-state index in [9.17, 15) is 9.59 Å². The summed E-state index contributed by atoms with van der Waals surface area (Å²) in [6.07, 6.45) is 2.37. The summed E-state index contributed by atoms with van der Waals surface area (Å²) in [6, 6.07) is 10.2. The van der Waals surface area contributed by atoms with E-state index < -0.39 is 0 Å². The van der Waals surface area contributed by atoms with E-state index in [-0.39, 0.29) is 18.4 Å². The van der Waals surface area contributed by atoms with Crippen LogP contribution in [-0.2, 0) is 9.59 Å². The summed E-state index contributed by atoms with van der Waals surface area (Å²) < 4.78 is 0. The van der Waals surface area contributed by atoms with Crippen molar-refractivity contribution < 1.29 is 9.59 Å². The molecule has 1 heterocycles. The lowest BCUT2D eigenvalue weighted by Crippen LogP contribution is -2.51. The molecule has 0 spiro atoms. The van der Waals surface area contributed by atoms with Crippen molar-refractivity contribution in [3.63, 3.8) is 0 Å². The Labute approximate surface area is 132 Å². The molecule has 1 saturated heterocycles. The second-order valence-corrected chi connectivity index (χ2v) is 5.58. The summed E-state index contributed by atoms with van der Waals surface area (Å²) in [7, 11) is 0. The summed E-state index contributed by atoms with van der Waals surface area (Å²) in [5, 5.41) is 2.71. The van der Waals surface area contributed by atoms with Crippen LogP contribution in [0.5, 0.6) is 0 Å². The van der Waals surface area contributed by atoms with Crippen LogP contribution in [0.1, 0.15) is 26.2 Å². The molecule has 1 aromatic rings. The average molecular weight is 303 g/mol. The number of nitrogens with zero attached hydrogens (tertiary/aromatic N) is 2. The molecule has 0 unspecified atom stereocenters. The molecular formula is C17H25N3O2. The molecule has 1 aliphatic rings. The van der Waals surface area contributed by atoms with Crippen LogP contribution >= 0.6 is 0 Å². The second kappa shape index (κ2) is 8.41. The normalized spacial score (nSPS) is 14.8. The Hall–Kier alpha value is -2.04. The molecule has 2 rings (SSSR count). The Morgan fingerprint density at radius 1 is 1.09 bits per heavy atom. The summed E-state index contributed by atoms with van der Waals surface area (Å²) in [6.45, 7) is 5.24. The zero-order chi connectivity index (χ0) is 15.8. The van der Waals surface area contributed by atoms with Gasteiger partial charge in [0.2, 0.25) is 11.8 Å². The number of nitrogens with one attached hydrogen (secondary N) is 1. The lowest BCUT2D eigenvalue weighted by atomic mass is 10.2. The Kier molecular flexibility index (Phi) is 6.25. The predicted molar refractivity (Wildman–Crippen MR) is 87.8 cm³/mol. The number of para-hydroxylation sites is 1. The third kappa shape index (κ3) is 4.76. The Balaban J connectivity index is 1.72. The zero-order valence-corrected chi connectivity index (χ0v) is 13.3. The standard InChI is InChI=1S/C17H25N3O2/c1-2-3-9-16(21)18-14-17(22)20-12-10-19(11-13-20)15-7-5-4-6-8-15/h4-8H,2-3,9-14H2,1H3,(H,18,21). The number of unbranched alkanes of at least 4 members (excludes halogenated alkanes) is 1. The number of amides is 2. The Morgan fingerprint density at radius 2 is 1.77 bits per heavy atom. The SMILES string of the molecule is CCCCC(=O)NCC(=O)N1CCN(c2ccccc2)CC1. The molecule has 0 aromatic heterocycles. The number of carbonyl (C=O) groups excluding carboxylic acids is 2. The number of hydrogen-bond acceptors (Lipinski definition) is 3. The number of anilines is 1. The van der Waals surface area contributed by atoms with Gasteiger partial charge < -0.3 is 15.1 Å². The predicted octanol–water partition coefficient (Wildman–Crippen LogP) is 1.64. The van der Waals surface area contributed by atoms with Gasteiger partial charge in [0.25, 0.3) is 0 Å². The fraction of sp³-hybridized carbons (Fsp3) is 0.529. The van der Waals surface area contributed by atoms with Crippen LogP contribution in [0.15, 0.2) is 30.3 Å². The molecule has 120 valence electrons. The summed E-state index contributed by atoms with van der Waals surface area (Å²) in [4.78, 5) is 27.8. The third-order valence-corrected chi connectivity index (χ3v) is 3.95. The smallest absolute Gasteiger partial charge is 0.242 e. The molecule has 1 aliphatic heterocycles. The molecule has 0 atom stereocenters. The van der Waals surface area contributed by atoms with Crippen LogP contribution in [-0.4, -0.2) is 49.4 Å². The summed E-state index contributed by atoms with van der Waals surface area (Å²) in [5.74, 6) is -0.0179. The monoisotopic (exact) mass is 303 g/mol. The minimum Gasteiger partial charge on any atom is -0.368 e. The van der Waals surface area contributed by atoms with Gasteiger partial charge in [-0.05, 0) is 18.6 Å². The van der Waals surface area contributed by atoms with Gasteiger partial charge >= 0.3 is 0 Å². The molecular weight excluding hydrogens is 278 g/mol. The van der Waals surface area contributed by atoms with E-state index in [2.05, 4.69) is 22.3 Å². The maximum Gasteiger partial charge on any atom is 0.242 e. The van der Waals surface area contributed by atoms with Crippen molar-refractivity contribution in [3.05, 3.63) is 30.3 Å². The van der Waals surface area contributed by atoms with E-state index in [0.29, 0.717) is 19.5 Å². The Morgan fingerprint density at radius 3 is 2.41 bits per heavy atom. The van der Waals surface area contributed by atoms with E-state index in [1.165, 1.54) is 5.69 Å². The van der Waals surface area contributed by atoms with Crippen LogP contribution < -0.4 is 10.2 Å². The number of carbonyl (C=O) groups is 2. The van der Waals surface area contributed by atoms with Gasteiger partial charge in [0.15, 0.2) is 0 Å². The van der Waals surface area contributed by atoms with Gasteiger partial charge in [-0.2, -0.15) is 0 Å². The van der Waals surface area contributed by atoms with Gasteiger partial charge in [-0.15, -0.1) is 0 Å². The number of benzene rings is 1. The first-order valence-corrected chi connectivity index (χ1v) is 8.05. The van der Waals surface area contributed by atoms with Crippen molar-refractivity contribution in [2.45, 2.75) is 26.2 Å². The highest BCUT2D eigenvalue weighted by Crippen LogP contribution is 2.15. The van der Waals surface area contributed by atoms with Gasteiger partial charge in [-0.3, -0.25) is 9.59 Å². The van der Waals surface area contributed by atoms with Crippen molar-refractivity contribution in [2.24, 2.45) is 0 Å². The molecule has 0 saturated carbocycles. The number of hydrogen-bond donors (Lipinski definition) is 1. The average Bonchev–Trinajstić information content (AvgIpc) is 2.58. The van der Waals surface area contributed by atoms with Gasteiger partial charge in [0, 0.05) is 38.3 Å². The Bertz CT molecular complexity index is 482. The van der Waals surface area contributed by atoms with Gasteiger partial charge in [-0.1, -0.05) is 31.5 Å². The summed E-state index contributed by atoms with van der Waals surface area (Å²) >= 11 is 0. The van der Waals surface area contributed by atoms with Gasteiger partial charge in [0.05, 0.1) is 6.54 Å². The first-order chi connectivity index (χ1) is 10.7. The molecule has 5 nitrogen and oxygen atoms in total. The number of rotatable bonds is 6. The fourth-order valence-corrected chi connectivity index (χ4v) is 2.56. The molecule has 2 amide bonds. The summed E-state index contributed by atoms with van der Waals surface area (Å²) in [5.41, 5.74) is 1.20. The number of piperazine rings is 1. The maximum absolute atomic E-state index is 12.1. The van der Waals surface area contributed by atoms with E-state index in [4.69, 9.17) is 0 Å².